The fourth-order valence-electron chi connectivity index (χ4n) is 1.98. The smallest absolute Gasteiger partial charge is 0.192 e. The molecule has 1 atom stereocenters. The lowest BCUT2D eigenvalue weighted by Crippen LogP contribution is -2.03. The molecule has 2 aromatic rings. The molecule has 20 heavy (non-hydrogen) atoms. The Hall–Kier alpha value is -1.80. The molecule has 0 amide bonds. The average molecular weight is 286 g/mol. The van der Waals surface area contributed by atoms with Gasteiger partial charge in [0.05, 0.1) is 11.3 Å². The summed E-state index contributed by atoms with van der Waals surface area (Å²) in [5.74, 6) is 0.878. The van der Waals surface area contributed by atoms with Gasteiger partial charge < -0.3 is 4.57 Å². The van der Waals surface area contributed by atoms with E-state index in [9.17, 15) is 0 Å². The van der Waals surface area contributed by atoms with Crippen LogP contribution in [0.4, 0.5) is 0 Å². The van der Waals surface area contributed by atoms with Gasteiger partial charge in [-0.1, -0.05) is 42.4 Å². The molecule has 0 aliphatic heterocycles. The second-order valence-electron chi connectivity index (χ2n) is 4.72. The normalized spacial score (nSPS) is 12.1. The summed E-state index contributed by atoms with van der Waals surface area (Å²) >= 11 is 1.46. The van der Waals surface area contributed by atoms with E-state index in [-0.39, 0.29) is 5.25 Å². The third kappa shape index (κ3) is 3.20. The topological polar surface area (TPSA) is 54.5 Å². The van der Waals surface area contributed by atoms with Crippen molar-refractivity contribution in [2.45, 2.75) is 44.1 Å². The van der Waals surface area contributed by atoms with Crippen molar-refractivity contribution in [2.75, 3.05) is 0 Å². The van der Waals surface area contributed by atoms with Crippen LogP contribution in [0.5, 0.6) is 0 Å². The van der Waals surface area contributed by atoms with Crippen LogP contribution in [0.15, 0.2) is 29.4 Å². The molecular weight excluding hydrogens is 268 g/mol. The van der Waals surface area contributed by atoms with E-state index < -0.39 is 0 Å². The highest BCUT2D eigenvalue weighted by Crippen LogP contribution is 2.27. The molecule has 104 valence electrons. The predicted molar refractivity (Wildman–Crippen MR) is 81.4 cm³/mol. The van der Waals surface area contributed by atoms with Gasteiger partial charge in [-0.3, -0.25) is 0 Å². The van der Waals surface area contributed by atoms with E-state index in [4.69, 9.17) is 5.26 Å². The molecule has 0 bridgehead atoms. The van der Waals surface area contributed by atoms with Crippen LogP contribution in [0, 0.1) is 18.3 Å². The summed E-state index contributed by atoms with van der Waals surface area (Å²) in [6.45, 7) is 6.93. The number of hydrogen-bond donors (Lipinski definition) is 0. The first-order valence-corrected chi connectivity index (χ1v) is 7.60. The molecule has 0 aliphatic carbocycles. The summed E-state index contributed by atoms with van der Waals surface area (Å²) in [5.41, 5.74) is 2.27. The van der Waals surface area contributed by atoms with Crippen LogP contribution in [-0.4, -0.2) is 20.0 Å². The van der Waals surface area contributed by atoms with Gasteiger partial charge in [-0.25, -0.2) is 0 Å². The van der Waals surface area contributed by atoms with E-state index in [2.05, 4.69) is 46.8 Å². The number of aryl methyl sites for hydroxylation is 1. The SMILES string of the molecule is CCCn1c(SC(C)C#N)nnc1-c1cccc(C)c1. The maximum Gasteiger partial charge on any atom is 0.192 e. The zero-order chi connectivity index (χ0) is 14.5. The predicted octanol–water partition coefficient (Wildman–Crippen LogP) is 3.67. The zero-order valence-electron chi connectivity index (χ0n) is 12.0. The van der Waals surface area contributed by atoms with Crippen LogP contribution in [-0.2, 0) is 6.54 Å². The molecule has 5 heteroatoms. The van der Waals surface area contributed by atoms with Crippen LogP contribution < -0.4 is 0 Å². The third-order valence-corrected chi connectivity index (χ3v) is 3.88. The fraction of sp³-hybridized carbons (Fsp3) is 0.400. The molecule has 0 saturated carbocycles. The molecule has 2 rings (SSSR count). The summed E-state index contributed by atoms with van der Waals surface area (Å²) in [4.78, 5) is 0. The lowest BCUT2D eigenvalue weighted by Gasteiger charge is -2.09. The monoisotopic (exact) mass is 286 g/mol. The molecule has 0 fully saturated rings. The van der Waals surface area contributed by atoms with Gasteiger partial charge >= 0.3 is 0 Å². The van der Waals surface area contributed by atoms with Crippen molar-refractivity contribution in [1.82, 2.24) is 14.8 Å². The van der Waals surface area contributed by atoms with Gasteiger partial charge in [0.25, 0.3) is 0 Å². The second kappa shape index (κ2) is 6.58. The summed E-state index contributed by atoms with van der Waals surface area (Å²) in [6.07, 6.45) is 1.01. The van der Waals surface area contributed by atoms with E-state index in [0.717, 1.165) is 29.5 Å². The van der Waals surface area contributed by atoms with Gasteiger partial charge in [-0.15, -0.1) is 10.2 Å². The minimum absolute atomic E-state index is 0.125. The zero-order valence-corrected chi connectivity index (χ0v) is 12.8. The van der Waals surface area contributed by atoms with Crippen molar-refractivity contribution in [3.8, 4) is 17.5 Å². The minimum Gasteiger partial charge on any atom is -0.302 e. The first-order valence-electron chi connectivity index (χ1n) is 6.72. The Kier molecular flexibility index (Phi) is 4.80. The molecule has 1 aromatic carbocycles. The Balaban J connectivity index is 2.41. The minimum atomic E-state index is -0.125. The second-order valence-corrected chi connectivity index (χ2v) is 6.02. The molecule has 0 N–H and O–H groups in total. The summed E-state index contributed by atoms with van der Waals surface area (Å²) in [5, 5.41) is 18.2. The van der Waals surface area contributed by atoms with Crippen LogP contribution in [0.25, 0.3) is 11.4 Å². The van der Waals surface area contributed by atoms with Crippen molar-refractivity contribution in [3.63, 3.8) is 0 Å². The molecule has 1 aromatic heterocycles. The van der Waals surface area contributed by atoms with Crippen LogP contribution >= 0.6 is 11.8 Å². The van der Waals surface area contributed by atoms with Gasteiger partial charge in [0.1, 0.15) is 0 Å². The van der Waals surface area contributed by atoms with E-state index in [1.54, 1.807) is 0 Å². The Morgan fingerprint density at radius 3 is 2.85 bits per heavy atom. The first-order chi connectivity index (χ1) is 9.65. The highest BCUT2D eigenvalue weighted by molar-refractivity contribution is 8.00. The highest BCUT2D eigenvalue weighted by atomic mass is 32.2. The van der Waals surface area contributed by atoms with E-state index >= 15 is 0 Å². The number of rotatable bonds is 5. The molecule has 0 saturated heterocycles. The molecule has 0 radical (unpaired) electrons. The van der Waals surface area contributed by atoms with E-state index in [1.807, 2.05) is 19.1 Å². The van der Waals surface area contributed by atoms with Crippen molar-refractivity contribution >= 4 is 11.8 Å². The van der Waals surface area contributed by atoms with Crippen LogP contribution in [0.1, 0.15) is 25.8 Å². The molecule has 4 nitrogen and oxygen atoms in total. The molecule has 0 spiro atoms. The Bertz CT molecular complexity index is 627. The number of thioether (sulfide) groups is 1. The summed E-state index contributed by atoms with van der Waals surface area (Å²) in [7, 11) is 0. The number of nitriles is 1. The number of hydrogen-bond acceptors (Lipinski definition) is 4. The Labute approximate surface area is 123 Å². The van der Waals surface area contributed by atoms with Crippen molar-refractivity contribution in [1.29, 1.82) is 5.26 Å². The lowest BCUT2D eigenvalue weighted by atomic mass is 10.1. The average Bonchev–Trinajstić information content (AvgIpc) is 2.82. The van der Waals surface area contributed by atoms with Crippen molar-refractivity contribution in [3.05, 3.63) is 29.8 Å². The maximum atomic E-state index is 8.95. The Morgan fingerprint density at radius 1 is 1.40 bits per heavy atom. The van der Waals surface area contributed by atoms with Gasteiger partial charge in [-0.2, -0.15) is 5.26 Å². The van der Waals surface area contributed by atoms with Gasteiger partial charge in [0.2, 0.25) is 0 Å². The largest absolute Gasteiger partial charge is 0.302 e. The number of nitrogens with zero attached hydrogens (tertiary/aromatic N) is 4. The molecule has 1 heterocycles. The molecule has 0 aliphatic rings. The quantitative estimate of drug-likeness (QED) is 0.787. The standard InChI is InChI=1S/C15H18N4S/c1-4-8-19-14(13-7-5-6-11(2)9-13)17-18-15(19)20-12(3)10-16/h5-7,9,12H,4,8H2,1-3H3. The maximum absolute atomic E-state index is 8.95. The Morgan fingerprint density at radius 2 is 2.20 bits per heavy atom. The van der Waals surface area contributed by atoms with Gasteiger partial charge in [-0.05, 0) is 26.3 Å². The van der Waals surface area contributed by atoms with Crippen molar-refractivity contribution < 1.29 is 0 Å². The number of benzene rings is 1. The van der Waals surface area contributed by atoms with Gasteiger partial charge in [0, 0.05) is 12.1 Å². The first kappa shape index (κ1) is 14.6. The van der Waals surface area contributed by atoms with Crippen LogP contribution in [0.2, 0.25) is 0 Å². The lowest BCUT2D eigenvalue weighted by molar-refractivity contribution is 0.626. The summed E-state index contributed by atoms with van der Waals surface area (Å²) in [6, 6.07) is 10.5. The number of aromatic nitrogens is 3. The van der Waals surface area contributed by atoms with E-state index in [1.165, 1.54) is 17.3 Å². The summed E-state index contributed by atoms with van der Waals surface area (Å²) < 4.78 is 2.10. The van der Waals surface area contributed by atoms with Crippen molar-refractivity contribution in [2.24, 2.45) is 0 Å². The van der Waals surface area contributed by atoms with Gasteiger partial charge in [0.15, 0.2) is 11.0 Å². The third-order valence-electron chi connectivity index (χ3n) is 2.90. The van der Waals surface area contributed by atoms with E-state index in [0.29, 0.717) is 0 Å². The van der Waals surface area contributed by atoms with Crippen LogP contribution in [0.3, 0.4) is 0 Å². The molecule has 1 unspecified atom stereocenters. The molecular formula is C15H18N4S. The fourth-order valence-corrected chi connectivity index (χ4v) is 2.75. The highest BCUT2D eigenvalue weighted by Gasteiger charge is 2.16.